The number of carbonyl (C=O) groups is 1. The van der Waals surface area contributed by atoms with Crippen molar-refractivity contribution < 1.29 is 31.5 Å². The van der Waals surface area contributed by atoms with Gasteiger partial charge in [0.15, 0.2) is 5.56 Å². The average Bonchev–Trinajstić information content (AvgIpc) is 2.46. The molecule has 1 aromatic carbocycles. The molecule has 26 heavy (non-hydrogen) atoms. The summed E-state index contributed by atoms with van der Waals surface area (Å²) in [4.78, 5) is 38.0. The summed E-state index contributed by atoms with van der Waals surface area (Å²) in [5.41, 5.74) is -8.52. The van der Waals surface area contributed by atoms with E-state index in [-0.39, 0.29) is 11.3 Å². The predicted molar refractivity (Wildman–Crippen MR) is 82.4 cm³/mol. The molecule has 1 amide bonds. The first-order valence-corrected chi connectivity index (χ1v) is 8.31. The van der Waals surface area contributed by atoms with E-state index in [2.05, 4.69) is 5.32 Å². The van der Waals surface area contributed by atoms with Crippen LogP contribution in [-0.4, -0.2) is 34.9 Å². The number of aromatic amines is 2. The quantitative estimate of drug-likeness (QED) is 0.593. The lowest BCUT2D eigenvalue weighted by molar-refractivity contribution is -0.0437. The Morgan fingerprint density at radius 3 is 2.19 bits per heavy atom. The van der Waals surface area contributed by atoms with E-state index in [1.165, 1.54) is 0 Å². The number of H-pyrrole nitrogens is 2. The summed E-state index contributed by atoms with van der Waals surface area (Å²) in [6.07, 6.45) is 0. The van der Waals surface area contributed by atoms with Crippen molar-refractivity contribution in [2.24, 2.45) is 0 Å². The molecule has 0 unspecified atom stereocenters. The molecule has 0 spiro atoms. The van der Waals surface area contributed by atoms with Gasteiger partial charge in [-0.15, -0.1) is 0 Å². The maximum atomic E-state index is 12.3. The van der Waals surface area contributed by atoms with Gasteiger partial charge in [0.25, 0.3) is 21.3 Å². The van der Waals surface area contributed by atoms with Crippen LogP contribution in [0.3, 0.4) is 0 Å². The van der Waals surface area contributed by atoms with E-state index in [9.17, 15) is 41.1 Å². The van der Waals surface area contributed by atoms with Gasteiger partial charge >= 0.3 is 11.2 Å². The van der Waals surface area contributed by atoms with Crippen LogP contribution in [0.25, 0.3) is 0 Å². The number of benzene rings is 1. The first-order chi connectivity index (χ1) is 11.9. The van der Waals surface area contributed by atoms with Crippen LogP contribution in [0.1, 0.15) is 15.9 Å². The molecule has 1 aromatic heterocycles. The Morgan fingerprint density at radius 1 is 1.12 bits per heavy atom. The molecule has 0 bridgehead atoms. The minimum absolute atomic E-state index is 0.00755. The highest BCUT2D eigenvalue weighted by atomic mass is 32.2. The van der Waals surface area contributed by atoms with Crippen molar-refractivity contribution in [3.05, 3.63) is 56.2 Å². The van der Waals surface area contributed by atoms with Crippen LogP contribution in [0.2, 0.25) is 0 Å². The Hall–Kier alpha value is -3.09. The Kier molecular flexibility index (Phi) is 4.93. The second-order valence-corrected chi connectivity index (χ2v) is 6.97. The van der Waals surface area contributed by atoms with Gasteiger partial charge in [-0.3, -0.25) is 19.6 Å². The molecule has 0 saturated heterocycles. The second kappa shape index (κ2) is 6.67. The number of amides is 1. The number of rotatable bonds is 4. The number of halogens is 3. The van der Waals surface area contributed by atoms with E-state index in [1.807, 2.05) is 0 Å². The van der Waals surface area contributed by atoms with E-state index >= 15 is 0 Å². The number of hydrogen-bond acceptors (Lipinski definition) is 6. The van der Waals surface area contributed by atoms with Gasteiger partial charge in [-0.1, -0.05) is 12.1 Å². The first kappa shape index (κ1) is 19.2. The Labute approximate surface area is 142 Å². The number of nitrogens with one attached hydrogen (secondary N) is 3. The minimum Gasteiger partial charge on any atom is -0.494 e. The molecule has 2 aromatic rings. The first-order valence-electron chi connectivity index (χ1n) is 6.65. The van der Waals surface area contributed by atoms with E-state index < -0.39 is 49.7 Å². The molecule has 0 aliphatic carbocycles. The zero-order valence-electron chi connectivity index (χ0n) is 12.5. The summed E-state index contributed by atoms with van der Waals surface area (Å²) in [5.74, 6) is -3.34. The third-order valence-electron chi connectivity index (χ3n) is 3.07. The number of aromatic hydroxyl groups is 1. The standard InChI is InChI=1S/C13H10F3N3O6S/c14-13(15,16)26(24,25)5-6-1-3-7(4-2-6)17-9(20)8-10(21)18-12(23)19-11(8)22/h1-4H,5H2,(H,17,20)(H3,18,19,21,22,23). The lowest BCUT2D eigenvalue weighted by Gasteiger charge is -2.09. The van der Waals surface area contributed by atoms with Crippen LogP contribution in [0.4, 0.5) is 18.9 Å². The minimum atomic E-state index is -5.39. The van der Waals surface area contributed by atoms with Crippen molar-refractivity contribution in [2.45, 2.75) is 11.3 Å². The van der Waals surface area contributed by atoms with E-state index in [4.69, 9.17) is 0 Å². The van der Waals surface area contributed by atoms with Crippen LogP contribution in [-0.2, 0) is 15.6 Å². The highest BCUT2D eigenvalue weighted by molar-refractivity contribution is 7.91. The van der Waals surface area contributed by atoms with Crippen LogP contribution in [0.5, 0.6) is 5.88 Å². The second-order valence-electron chi connectivity index (χ2n) is 4.99. The Morgan fingerprint density at radius 2 is 1.69 bits per heavy atom. The van der Waals surface area contributed by atoms with Gasteiger partial charge in [0.2, 0.25) is 5.88 Å². The molecule has 0 fully saturated rings. The summed E-state index contributed by atoms with van der Waals surface area (Å²) in [6.45, 7) is 0. The highest BCUT2D eigenvalue weighted by Gasteiger charge is 2.45. The monoisotopic (exact) mass is 393 g/mol. The lowest BCUT2D eigenvalue weighted by atomic mass is 10.2. The van der Waals surface area contributed by atoms with E-state index in [0.29, 0.717) is 0 Å². The number of carbonyl (C=O) groups excluding carboxylic acids is 1. The molecular formula is C13H10F3N3O6S. The number of aromatic nitrogens is 2. The summed E-state index contributed by atoms with van der Waals surface area (Å²) < 4.78 is 59.2. The molecule has 13 heteroatoms. The zero-order chi connectivity index (χ0) is 19.7. The molecule has 0 atom stereocenters. The van der Waals surface area contributed by atoms with Gasteiger partial charge in [0.05, 0.1) is 5.75 Å². The van der Waals surface area contributed by atoms with Gasteiger partial charge < -0.3 is 10.4 Å². The summed E-state index contributed by atoms with van der Waals surface area (Å²) in [5, 5.41) is 11.6. The third kappa shape index (κ3) is 4.11. The molecular weight excluding hydrogens is 383 g/mol. The normalized spacial score (nSPS) is 12.0. The average molecular weight is 393 g/mol. The topological polar surface area (TPSA) is 149 Å². The smallest absolute Gasteiger partial charge is 0.494 e. The molecule has 0 aliphatic heterocycles. The number of anilines is 1. The van der Waals surface area contributed by atoms with Gasteiger partial charge in [0.1, 0.15) is 0 Å². The fourth-order valence-electron chi connectivity index (χ4n) is 1.86. The molecule has 9 nitrogen and oxygen atoms in total. The fraction of sp³-hybridized carbons (Fsp3) is 0.154. The van der Waals surface area contributed by atoms with E-state index in [1.54, 1.807) is 9.97 Å². The van der Waals surface area contributed by atoms with Crippen LogP contribution < -0.4 is 16.6 Å². The van der Waals surface area contributed by atoms with Crippen molar-refractivity contribution >= 4 is 21.4 Å². The molecule has 0 aliphatic rings. The molecule has 140 valence electrons. The summed E-state index contributed by atoms with van der Waals surface area (Å²) >= 11 is 0. The van der Waals surface area contributed by atoms with Gasteiger partial charge in [-0.25, -0.2) is 13.2 Å². The number of sulfone groups is 1. The highest BCUT2D eigenvalue weighted by Crippen LogP contribution is 2.27. The maximum Gasteiger partial charge on any atom is 0.497 e. The van der Waals surface area contributed by atoms with Crippen molar-refractivity contribution in [1.29, 1.82) is 0 Å². The molecule has 0 saturated carbocycles. The largest absolute Gasteiger partial charge is 0.497 e. The van der Waals surface area contributed by atoms with Gasteiger partial charge in [-0.2, -0.15) is 13.2 Å². The van der Waals surface area contributed by atoms with Crippen molar-refractivity contribution in [3.8, 4) is 5.88 Å². The van der Waals surface area contributed by atoms with Gasteiger partial charge in [-0.05, 0) is 17.7 Å². The predicted octanol–water partition coefficient (Wildman–Crippen LogP) is 0.456. The van der Waals surface area contributed by atoms with E-state index in [0.717, 1.165) is 24.3 Å². The third-order valence-corrected chi connectivity index (χ3v) is 4.49. The number of alkyl halides is 3. The van der Waals surface area contributed by atoms with Crippen molar-refractivity contribution in [2.75, 3.05) is 5.32 Å². The molecule has 4 N–H and O–H groups in total. The molecule has 0 radical (unpaired) electrons. The Bertz CT molecular complexity index is 1050. The molecule has 2 rings (SSSR count). The summed E-state index contributed by atoms with van der Waals surface area (Å²) in [7, 11) is -5.34. The van der Waals surface area contributed by atoms with Crippen molar-refractivity contribution in [3.63, 3.8) is 0 Å². The SMILES string of the molecule is O=C(Nc1ccc(CS(=O)(=O)C(F)(F)F)cc1)c1c(O)[nH]c(=O)[nH]c1=O. The zero-order valence-corrected chi connectivity index (χ0v) is 13.4. The maximum absolute atomic E-state index is 12.3. The number of hydrogen-bond donors (Lipinski definition) is 4. The summed E-state index contributed by atoms with van der Waals surface area (Å²) in [6, 6.07) is 4.29. The lowest BCUT2D eigenvalue weighted by Crippen LogP contribution is -2.30. The van der Waals surface area contributed by atoms with Crippen LogP contribution in [0, 0.1) is 0 Å². The molecule has 1 heterocycles. The van der Waals surface area contributed by atoms with Crippen LogP contribution in [0.15, 0.2) is 33.9 Å². The Balaban J connectivity index is 2.19. The van der Waals surface area contributed by atoms with Crippen molar-refractivity contribution in [1.82, 2.24) is 9.97 Å². The fourth-order valence-corrected chi connectivity index (χ4v) is 2.66. The van der Waals surface area contributed by atoms with Crippen LogP contribution >= 0.6 is 0 Å². The van der Waals surface area contributed by atoms with Gasteiger partial charge in [0, 0.05) is 5.69 Å².